The molecule has 2 aromatic carbocycles. The average Bonchev–Trinajstić information content (AvgIpc) is 2.79. The summed E-state index contributed by atoms with van der Waals surface area (Å²) in [5.74, 6) is 0.989. The van der Waals surface area contributed by atoms with Crippen molar-refractivity contribution < 1.29 is 17.7 Å². The maximum absolute atomic E-state index is 7.43. The van der Waals surface area contributed by atoms with Gasteiger partial charge in [0, 0.05) is 0 Å². The van der Waals surface area contributed by atoms with Crippen LogP contribution in [-0.4, -0.2) is 65.2 Å². The van der Waals surface area contributed by atoms with E-state index in [2.05, 4.69) is 138 Å². The number of para-hydroxylation sites is 1. The topological polar surface area (TPSA) is 40.2 Å². The molecule has 0 amide bonds. The van der Waals surface area contributed by atoms with Crippen molar-refractivity contribution in [3.05, 3.63) is 59.7 Å². The quantitative estimate of drug-likeness (QED) is 0.153. The highest BCUT2D eigenvalue weighted by Gasteiger charge is 2.50. The van der Waals surface area contributed by atoms with Gasteiger partial charge in [0.1, 0.15) is 28.8 Å². The Kier molecular flexibility index (Phi) is 11.8. The van der Waals surface area contributed by atoms with Crippen LogP contribution in [0.15, 0.2) is 48.5 Å². The van der Waals surface area contributed by atoms with E-state index in [0.717, 1.165) is 12.2 Å². The molecule has 0 spiro atoms. The zero-order chi connectivity index (χ0) is 29.7. The Bertz CT molecular complexity index is 1040. The van der Waals surface area contributed by atoms with Crippen molar-refractivity contribution in [1.82, 2.24) is 3.90 Å². The zero-order valence-corrected chi connectivity index (χ0v) is 32.0. The lowest BCUT2D eigenvalue weighted by Crippen LogP contribution is -2.74. The molecule has 0 N–H and O–H groups in total. The Balaban J connectivity index is 2.17. The largest absolute Gasteiger partial charge is 0.491 e. The summed E-state index contributed by atoms with van der Waals surface area (Å²) in [6.07, 6.45) is 1.55. The first kappa shape index (κ1) is 34.4. The molecule has 0 aromatic heterocycles. The molecule has 0 saturated carbocycles. The second-order valence-corrected chi connectivity index (χ2v) is 35.4. The van der Waals surface area contributed by atoms with Crippen molar-refractivity contribution in [1.29, 1.82) is 0 Å². The summed E-state index contributed by atoms with van der Waals surface area (Å²) in [5.41, 5.74) is 2.41. The van der Waals surface area contributed by atoms with E-state index in [1.54, 1.807) is 0 Å². The van der Waals surface area contributed by atoms with Crippen LogP contribution in [0.3, 0.4) is 0 Å². The number of aryl methyl sites for hydroxylation is 2. The molecule has 10 heteroatoms. The van der Waals surface area contributed by atoms with Gasteiger partial charge in [-0.15, -0.1) is 0 Å². The van der Waals surface area contributed by atoms with Crippen LogP contribution < -0.4 is 9.92 Å². The van der Waals surface area contributed by atoms with E-state index in [9.17, 15) is 0 Å². The van der Waals surface area contributed by atoms with Crippen LogP contribution >= 0.6 is 0 Å². The number of rotatable bonds is 15. The summed E-state index contributed by atoms with van der Waals surface area (Å²) >= 11 is 0. The molecule has 39 heavy (non-hydrogen) atoms. The normalized spacial score (nSPS) is 14.9. The molecular formula is C29H55NO4Si5. The lowest BCUT2D eigenvalue weighted by molar-refractivity contribution is 0.158. The minimum Gasteiger partial charge on any atom is -0.491 e. The van der Waals surface area contributed by atoms with E-state index in [0.29, 0.717) is 19.4 Å². The standard InChI is InChI=1S/C29H55NO4Si5/c1-14-27-20-18-19-26(2)29(27)31-23-24-32-38(11,12)33-25-39(13,28-21-16-15-17-22-28)34-37(9,10)30(35(3,4)5)36(6,7)8/h15-22H,14,23-25H2,1-13H3. The van der Waals surface area contributed by atoms with Gasteiger partial charge >= 0.3 is 8.56 Å². The molecule has 1 atom stereocenters. The van der Waals surface area contributed by atoms with Gasteiger partial charge < -0.3 is 21.6 Å². The van der Waals surface area contributed by atoms with Crippen LogP contribution in [0.4, 0.5) is 0 Å². The van der Waals surface area contributed by atoms with E-state index in [1.807, 2.05) is 0 Å². The number of hydrogen-bond donors (Lipinski definition) is 0. The molecule has 1 unspecified atom stereocenters. The summed E-state index contributed by atoms with van der Waals surface area (Å²) in [7, 11) is -10.2. The lowest BCUT2D eigenvalue weighted by Gasteiger charge is -2.54. The van der Waals surface area contributed by atoms with Gasteiger partial charge in [0.25, 0.3) is 0 Å². The van der Waals surface area contributed by atoms with E-state index in [-0.39, 0.29) is 0 Å². The summed E-state index contributed by atoms with van der Waals surface area (Å²) in [5, 5.41) is 1.29. The fourth-order valence-electron chi connectivity index (χ4n) is 6.16. The zero-order valence-electron chi connectivity index (χ0n) is 27.0. The molecule has 0 aliphatic heterocycles. The average molecular weight is 622 g/mol. The van der Waals surface area contributed by atoms with Crippen LogP contribution in [-0.2, 0) is 19.4 Å². The van der Waals surface area contributed by atoms with Gasteiger partial charge in [-0.05, 0) is 62.4 Å². The van der Waals surface area contributed by atoms with E-state index in [1.165, 1.54) is 16.3 Å². The summed E-state index contributed by atoms with van der Waals surface area (Å²) < 4.78 is 29.5. The fourth-order valence-corrected chi connectivity index (χ4v) is 37.7. The predicted octanol–water partition coefficient (Wildman–Crippen LogP) is 7.38. The SMILES string of the molecule is CCc1cccc(C)c1OCCO[Si](C)(C)OC[Si](C)(O[Si](C)(C)N([Si](C)(C)C)[Si](C)(C)C)c1ccccc1. The predicted molar refractivity (Wildman–Crippen MR) is 180 cm³/mol. The molecule has 0 saturated heterocycles. The Hall–Kier alpha value is -0.836. The monoisotopic (exact) mass is 621 g/mol. The molecule has 0 aliphatic carbocycles. The van der Waals surface area contributed by atoms with Crippen LogP contribution in [0.5, 0.6) is 5.75 Å². The third-order valence-corrected chi connectivity index (χ3v) is 30.0. The Morgan fingerprint density at radius 2 is 1.28 bits per heavy atom. The van der Waals surface area contributed by atoms with Gasteiger partial charge in [-0.3, -0.25) is 0 Å². The summed E-state index contributed by atoms with van der Waals surface area (Å²) in [6, 6.07) is 17.1. The maximum Gasteiger partial charge on any atom is 0.331 e. The molecule has 220 valence electrons. The van der Waals surface area contributed by atoms with Gasteiger partial charge in [-0.1, -0.05) is 94.7 Å². The van der Waals surface area contributed by atoms with E-state index >= 15 is 0 Å². The van der Waals surface area contributed by atoms with E-state index in [4.69, 9.17) is 17.7 Å². The minimum absolute atomic E-state index is 0.514. The van der Waals surface area contributed by atoms with Crippen LogP contribution in [0.2, 0.25) is 72.0 Å². The molecule has 0 fully saturated rings. The van der Waals surface area contributed by atoms with Gasteiger partial charge in [0.15, 0.2) is 0 Å². The highest BCUT2D eigenvalue weighted by molar-refractivity contribution is 7.05. The van der Waals surface area contributed by atoms with Gasteiger partial charge in [0.05, 0.1) is 12.8 Å². The van der Waals surface area contributed by atoms with Crippen LogP contribution in [0.25, 0.3) is 0 Å². The van der Waals surface area contributed by atoms with Gasteiger partial charge in [0.2, 0.25) is 16.8 Å². The Labute approximate surface area is 245 Å². The first-order chi connectivity index (χ1) is 17.8. The highest BCUT2D eigenvalue weighted by Crippen LogP contribution is 2.31. The highest BCUT2D eigenvalue weighted by atomic mass is 28.5. The second-order valence-electron chi connectivity index (χ2n) is 13.6. The minimum atomic E-state index is -2.45. The third-order valence-electron chi connectivity index (χ3n) is 6.89. The van der Waals surface area contributed by atoms with Crippen LogP contribution in [0, 0.1) is 6.92 Å². The number of ether oxygens (including phenoxy) is 1. The van der Waals surface area contributed by atoms with E-state index < -0.39 is 41.8 Å². The lowest BCUT2D eigenvalue weighted by atomic mass is 10.1. The van der Waals surface area contributed by atoms with Crippen molar-refractivity contribution in [2.45, 2.75) is 92.3 Å². The fraction of sp³-hybridized carbons (Fsp3) is 0.586. The summed E-state index contributed by atoms with van der Waals surface area (Å²) in [6.45, 7) is 31.5. The van der Waals surface area contributed by atoms with Gasteiger partial charge in [-0.25, -0.2) is 0 Å². The molecule has 0 heterocycles. The molecule has 2 rings (SSSR count). The molecule has 0 bridgehead atoms. The maximum atomic E-state index is 7.43. The van der Waals surface area contributed by atoms with Crippen molar-refractivity contribution in [2.24, 2.45) is 0 Å². The number of benzene rings is 2. The number of nitrogens with zero attached hydrogens (tertiary/aromatic N) is 1. The second kappa shape index (κ2) is 13.4. The van der Waals surface area contributed by atoms with Gasteiger partial charge in [-0.2, -0.15) is 0 Å². The smallest absolute Gasteiger partial charge is 0.331 e. The van der Waals surface area contributed by atoms with Crippen molar-refractivity contribution >= 4 is 47.0 Å². The molecule has 0 aliphatic rings. The Morgan fingerprint density at radius 3 is 1.82 bits per heavy atom. The molecule has 2 aromatic rings. The van der Waals surface area contributed by atoms with Crippen molar-refractivity contribution in [3.8, 4) is 5.75 Å². The first-order valence-electron chi connectivity index (χ1n) is 14.4. The van der Waals surface area contributed by atoms with Crippen LogP contribution in [0.1, 0.15) is 18.1 Å². The first-order valence-corrected chi connectivity index (χ1v) is 29.6. The molecular weight excluding hydrogens is 567 g/mol. The third kappa shape index (κ3) is 9.89. The van der Waals surface area contributed by atoms with Crippen molar-refractivity contribution in [2.75, 3.05) is 19.4 Å². The molecule has 0 radical (unpaired) electrons. The summed E-state index contributed by atoms with van der Waals surface area (Å²) in [4.78, 5) is 0. The number of hydrogen-bond acceptors (Lipinski definition) is 5. The Morgan fingerprint density at radius 1 is 0.692 bits per heavy atom. The van der Waals surface area contributed by atoms with Crippen molar-refractivity contribution in [3.63, 3.8) is 0 Å². The molecule has 5 nitrogen and oxygen atoms in total.